The van der Waals surface area contributed by atoms with Crippen molar-refractivity contribution in [2.45, 2.75) is 25.8 Å². The number of nitro groups is 1. The van der Waals surface area contributed by atoms with E-state index >= 15 is 0 Å². The second kappa shape index (κ2) is 4.90. The Morgan fingerprint density at radius 2 is 2.40 bits per heavy atom. The van der Waals surface area contributed by atoms with Crippen LogP contribution in [0.2, 0.25) is 0 Å². The van der Waals surface area contributed by atoms with E-state index in [1.165, 1.54) is 16.8 Å². The summed E-state index contributed by atoms with van der Waals surface area (Å²) in [6.07, 6.45) is 3.38. The SMILES string of the molecule is CCC1c2ccsc2CCN1c1c([N+](=O)[O-])ncn1C. The molecule has 1 aliphatic heterocycles. The van der Waals surface area contributed by atoms with Gasteiger partial charge in [-0.25, -0.2) is 0 Å². The van der Waals surface area contributed by atoms with Crippen LogP contribution >= 0.6 is 11.3 Å². The number of aromatic nitrogens is 2. The fraction of sp³-hybridized carbons (Fsp3) is 0.462. The van der Waals surface area contributed by atoms with E-state index in [0.29, 0.717) is 5.82 Å². The molecule has 0 bridgehead atoms. The van der Waals surface area contributed by atoms with Gasteiger partial charge in [-0.15, -0.1) is 11.3 Å². The van der Waals surface area contributed by atoms with Gasteiger partial charge in [0.15, 0.2) is 0 Å². The van der Waals surface area contributed by atoms with Crippen LogP contribution in [0.15, 0.2) is 17.8 Å². The van der Waals surface area contributed by atoms with Crippen molar-refractivity contribution in [3.8, 4) is 0 Å². The average molecular weight is 292 g/mol. The number of imidazole rings is 1. The van der Waals surface area contributed by atoms with E-state index in [4.69, 9.17) is 0 Å². The van der Waals surface area contributed by atoms with E-state index in [2.05, 4.69) is 28.3 Å². The number of hydrogen-bond donors (Lipinski definition) is 0. The second-order valence-corrected chi connectivity index (χ2v) is 5.93. The molecule has 20 heavy (non-hydrogen) atoms. The van der Waals surface area contributed by atoms with Crippen LogP contribution in [-0.4, -0.2) is 21.0 Å². The van der Waals surface area contributed by atoms with Crippen LogP contribution in [0.5, 0.6) is 0 Å². The number of thiophene rings is 1. The van der Waals surface area contributed by atoms with Crippen molar-refractivity contribution in [1.29, 1.82) is 0 Å². The molecule has 3 heterocycles. The Labute approximate surface area is 120 Å². The molecule has 7 heteroatoms. The standard InChI is InChI=1S/C13H16N4O2S/c1-3-10-9-5-7-20-11(9)4-6-16(10)13-12(17(18)19)14-8-15(13)2/h5,7-8,10H,3-4,6H2,1-2H3. The zero-order chi connectivity index (χ0) is 14.3. The first-order valence-electron chi connectivity index (χ1n) is 6.62. The number of aryl methyl sites for hydroxylation is 1. The molecule has 106 valence electrons. The smallest absolute Gasteiger partial charge is 0.358 e. The minimum Gasteiger partial charge on any atom is -0.358 e. The summed E-state index contributed by atoms with van der Waals surface area (Å²) in [5, 5.41) is 13.3. The summed E-state index contributed by atoms with van der Waals surface area (Å²) in [4.78, 5) is 18.2. The largest absolute Gasteiger partial charge is 0.406 e. The molecule has 1 atom stereocenters. The second-order valence-electron chi connectivity index (χ2n) is 4.93. The van der Waals surface area contributed by atoms with Gasteiger partial charge in [0.1, 0.15) is 0 Å². The quantitative estimate of drug-likeness (QED) is 0.644. The normalized spacial score (nSPS) is 18.1. The van der Waals surface area contributed by atoms with Gasteiger partial charge in [0.2, 0.25) is 12.1 Å². The van der Waals surface area contributed by atoms with Crippen molar-refractivity contribution in [2.75, 3.05) is 11.4 Å². The summed E-state index contributed by atoms with van der Waals surface area (Å²) in [7, 11) is 1.81. The van der Waals surface area contributed by atoms with Crippen molar-refractivity contribution >= 4 is 23.0 Å². The lowest BCUT2D eigenvalue weighted by Gasteiger charge is -2.36. The van der Waals surface area contributed by atoms with Crippen LogP contribution in [-0.2, 0) is 13.5 Å². The third-order valence-corrected chi connectivity index (χ3v) is 4.81. The van der Waals surface area contributed by atoms with Crippen LogP contribution in [0.1, 0.15) is 29.8 Å². The minimum absolute atomic E-state index is 0.0513. The number of anilines is 1. The molecular formula is C13H16N4O2S. The van der Waals surface area contributed by atoms with E-state index in [9.17, 15) is 10.1 Å². The first-order chi connectivity index (χ1) is 9.63. The lowest BCUT2D eigenvalue weighted by Crippen LogP contribution is -2.36. The molecule has 2 aromatic rings. The van der Waals surface area contributed by atoms with Gasteiger partial charge in [-0.05, 0) is 39.8 Å². The molecule has 3 rings (SSSR count). The van der Waals surface area contributed by atoms with Crippen LogP contribution in [0.3, 0.4) is 0 Å². The maximum atomic E-state index is 11.2. The van der Waals surface area contributed by atoms with Crippen molar-refractivity contribution in [3.05, 3.63) is 38.3 Å². The van der Waals surface area contributed by atoms with Crippen molar-refractivity contribution in [3.63, 3.8) is 0 Å². The Bertz CT molecular complexity index is 649. The lowest BCUT2D eigenvalue weighted by molar-refractivity contribution is -0.388. The molecule has 1 unspecified atom stereocenters. The molecule has 0 radical (unpaired) electrons. The predicted molar refractivity (Wildman–Crippen MR) is 78.3 cm³/mol. The summed E-state index contributed by atoms with van der Waals surface area (Å²) in [6, 6.07) is 2.34. The van der Waals surface area contributed by atoms with E-state index in [-0.39, 0.29) is 11.9 Å². The Morgan fingerprint density at radius 1 is 1.60 bits per heavy atom. The highest BCUT2D eigenvalue weighted by atomic mass is 32.1. The predicted octanol–water partition coefficient (Wildman–Crippen LogP) is 2.90. The van der Waals surface area contributed by atoms with E-state index in [0.717, 1.165) is 19.4 Å². The van der Waals surface area contributed by atoms with Gasteiger partial charge in [0.05, 0.1) is 6.04 Å². The summed E-state index contributed by atoms with van der Waals surface area (Å²) >= 11 is 1.78. The van der Waals surface area contributed by atoms with Gasteiger partial charge < -0.3 is 15.0 Å². The molecule has 0 amide bonds. The fourth-order valence-corrected chi connectivity index (χ4v) is 3.89. The van der Waals surface area contributed by atoms with E-state index in [1.54, 1.807) is 15.9 Å². The van der Waals surface area contributed by atoms with E-state index < -0.39 is 4.92 Å². The topological polar surface area (TPSA) is 64.2 Å². The highest BCUT2D eigenvalue weighted by Crippen LogP contribution is 2.40. The van der Waals surface area contributed by atoms with Crippen LogP contribution in [0.4, 0.5) is 11.6 Å². The maximum Gasteiger partial charge on any atom is 0.406 e. The zero-order valence-corrected chi connectivity index (χ0v) is 12.3. The third-order valence-electron chi connectivity index (χ3n) is 3.81. The number of fused-ring (bicyclic) bond motifs is 1. The van der Waals surface area contributed by atoms with Gasteiger partial charge in [-0.2, -0.15) is 0 Å². The molecule has 6 nitrogen and oxygen atoms in total. The maximum absolute atomic E-state index is 11.2. The van der Waals surface area contributed by atoms with Crippen molar-refractivity contribution in [2.24, 2.45) is 7.05 Å². The Kier molecular flexibility index (Phi) is 3.21. The van der Waals surface area contributed by atoms with Crippen molar-refractivity contribution in [1.82, 2.24) is 9.55 Å². The highest BCUT2D eigenvalue weighted by Gasteiger charge is 2.34. The number of rotatable bonds is 3. The molecule has 0 aromatic carbocycles. The average Bonchev–Trinajstić information content (AvgIpc) is 3.03. The fourth-order valence-electron chi connectivity index (χ4n) is 2.96. The van der Waals surface area contributed by atoms with Crippen LogP contribution in [0, 0.1) is 10.1 Å². The van der Waals surface area contributed by atoms with E-state index in [1.807, 2.05) is 7.05 Å². The lowest BCUT2D eigenvalue weighted by atomic mass is 9.98. The van der Waals surface area contributed by atoms with Crippen LogP contribution < -0.4 is 4.90 Å². The molecule has 0 spiro atoms. The number of hydrogen-bond acceptors (Lipinski definition) is 5. The molecule has 0 saturated heterocycles. The molecule has 0 fully saturated rings. The van der Waals surface area contributed by atoms with Crippen molar-refractivity contribution < 1.29 is 4.92 Å². The van der Waals surface area contributed by atoms with Gasteiger partial charge in [0, 0.05) is 18.5 Å². The summed E-state index contributed by atoms with van der Waals surface area (Å²) in [5.74, 6) is 0.559. The number of nitrogens with zero attached hydrogens (tertiary/aromatic N) is 4. The van der Waals surface area contributed by atoms with Crippen LogP contribution in [0.25, 0.3) is 0 Å². The summed E-state index contributed by atoms with van der Waals surface area (Å²) in [5.41, 5.74) is 1.30. The molecule has 0 saturated carbocycles. The van der Waals surface area contributed by atoms with Gasteiger partial charge in [-0.3, -0.25) is 4.57 Å². The Morgan fingerprint density at radius 3 is 3.10 bits per heavy atom. The molecular weight excluding hydrogens is 276 g/mol. The minimum atomic E-state index is -0.398. The summed E-state index contributed by atoms with van der Waals surface area (Å²) in [6.45, 7) is 2.92. The first-order valence-corrected chi connectivity index (χ1v) is 7.50. The molecule has 0 N–H and O–H groups in total. The Hall–Kier alpha value is -1.89. The Balaban J connectivity index is 2.07. The summed E-state index contributed by atoms with van der Waals surface area (Å²) < 4.78 is 1.75. The monoisotopic (exact) mass is 292 g/mol. The zero-order valence-electron chi connectivity index (χ0n) is 11.4. The first kappa shape index (κ1) is 13.1. The van der Waals surface area contributed by atoms with Gasteiger partial charge in [-0.1, -0.05) is 6.92 Å². The van der Waals surface area contributed by atoms with Gasteiger partial charge >= 0.3 is 5.82 Å². The molecule has 1 aliphatic rings. The van der Waals surface area contributed by atoms with Gasteiger partial charge in [0.25, 0.3) is 0 Å². The molecule has 2 aromatic heterocycles. The third kappa shape index (κ3) is 1.89. The highest BCUT2D eigenvalue weighted by molar-refractivity contribution is 7.10. The molecule has 0 aliphatic carbocycles.